The summed E-state index contributed by atoms with van der Waals surface area (Å²) in [6.45, 7) is 0. The molecule has 25 heavy (non-hydrogen) atoms. The van der Waals surface area contributed by atoms with Crippen molar-refractivity contribution in [2.24, 2.45) is 0 Å². The van der Waals surface area contributed by atoms with Crippen LogP contribution in [0.3, 0.4) is 0 Å². The van der Waals surface area contributed by atoms with E-state index < -0.39 is 6.17 Å². The second-order valence-corrected chi connectivity index (χ2v) is 6.30. The van der Waals surface area contributed by atoms with Crippen LogP contribution in [0.15, 0.2) is 66.7 Å². The van der Waals surface area contributed by atoms with Gasteiger partial charge in [-0.1, -0.05) is 60.7 Å². The molecule has 1 atom stereocenters. The Morgan fingerprint density at radius 3 is 2.48 bits per heavy atom. The summed E-state index contributed by atoms with van der Waals surface area (Å²) < 4.78 is 0. The van der Waals surface area contributed by atoms with Gasteiger partial charge in [0.05, 0.1) is 6.42 Å². The van der Waals surface area contributed by atoms with Gasteiger partial charge in [-0.3, -0.25) is 9.59 Å². The van der Waals surface area contributed by atoms with Gasteiger partial charge in [0.1, 0.15) is 6.17 Å². The first-order chi connectivity index (χ1) is 12.1. The van der Waals surface area contributed by atoms with Crippen LogP contribution in [-0.4, -0.2) is 23.8 Å². The Hall–Kier alpha value is -3.14. The highest BCUT2D eigenvalue weighted by atomic mass is 16.2. The van der Waals surface area contributed by atoms with Crippen molar-refractivity contribution in [1.29, 1.82) is 0 Å². The Kier molecular flexibility index (Phi) is 3.73. The Morgan fingerprint density at radius 1 is 1.00 bits per heavy atom. The second kappa shape index (κ2) is 6.06. The van der Waals surface area contributed by atoms with Gasteiger partial charge in [0.25, 0.3) is 5.91 Å². The van der Waals surface area contributed by atoms with Crippen LogP contribution in [0.5, 0.6) is 0 Å². The van der Waals surface area contributed by atoms with Gasteiger partial charge < -0.3 is 10.2 Å². The summed E-state index contributed by atoms with van der Waals surface area (Å²) >= 11 is 0. The van der Waals surface area contributed by atoms with Crippen molar-refractivity contribution in [1.82, 2.24) is 10.2 Å². The molecule has 0 spiro atoms. The van der Waals surface area contributed by atoms with E-state index in [-0.39, 0.29) is 18.2 Å². The van der Waals surface area contributed by atoms with Crippen LogP contribution in [0.1, 0.15) is 27.7 Å². The number of hydrogen-bond donors (Lipinski definition) is 1. The lowest BCUT2D eigenvalue weighted by molar-refractivity contribution is -0.122. The fourth-order valence-corrected chi connectivity index (χ4v) is 3.45. The van der Waals surface area contributed by atoms with Crippen LogP contribution >= 0.6 is 0 Å². The fourth-order valence-electron chi connectivity index (χ4n) is 3.45. The zero-order valence-electron chi connectivity index (χ0n) is 13.9. The molecular formula is C21H18N2O2. The Morgan fingerprint density at radius 2 is 1.72 bits per heavy atom. The van der Waals surface area contributed by atoms with Gasteiger partial charge in [0.15, 0.2) is 0 Å². The lowest BCUT2D eigenvalue weighted by Crippen LogP contribution is -2.45. The van der Waals surface area contributed by atoms with Crippen LogP contribution in [0.25, 0.3) is 10.8 Å². The summed E-state index contributed by atoms with van der Waals surface area (Å²) in [6.07, 6.45) is -0.168. The van der Waals surface area contributed by atoms with Gasteiger partial charge in [0.2, 0.25) is 5.91 Å². The van der Waals surface area contributed by atoms with E-state index in [4.69, 9.17) is 0 Å². The van der Waals surface area contributed by atoms with Crippen molar-refractivity contribution in [2.75, 3.05) is 7.05 Å². The standard InChI is InChI=1S/C21H18N2O2/c1-23-20(22-18(24)13-14-7-3-2-4-8-14)16-11-5-9-15-10-6-12-17(19(15)16)21(23)25/h2-12,20H,13H2,1H3,(H,22,24). The van der Waals surface area contributed by atoms with E-state index in [9.17, 15) is 9.59 Å². The SMILES string of the molecule is CN1C(=O)c2cccc3cccc(c23)C1NC(=O)Cc1ccccc1. The molecule has 0 saturated heterocycles. The lowest BCUT2D eigenvalue weighted by atomic mass is 9.92. The molecule has 1 N–H and O–H groups in total. The average molecular weight is 330 g/mol. The first-order valence-corrected chi connectivity index (χ1v) is 8.27. The minimum absolute atomic E-state index is 0.0747. The Bertz CT molecular complexity index is 961. The van der Waals surface area contributed by atoms with Crippen LogP contribution in [0.2, 0.25) is 0 Å². The number of rotatable bonds is 3. The molecule has 1 heterocycles. The molecule has 0 bridgehead atoms. The molecule has 0 aliphatic carbocycles. The summed E-state index contributed by atoms with van der Waals surface area (Å²) in [5.41, 5.74) is 2.59. The normalized spacial score (nSPS) is 16.1. The van der Waals surface area contributed by atoms with Gasteiger partial charge in [-0.15, -0.1) is 0 Å². The molecule has 0 radical (unpaired) electrons. The van der Waals surface area contributed by atoms with E-state index in [1.54, 1.807) is 11.9 Å². The summed E-state index contributed by atoms with van der Waals surface area (Å²) in [5, 5.41) is 4.96. The summed E-state index contributed by atoms with van der Waals surface area (Å²) in [5.74, 6) is -0.179. The summed E-state index contributed by atoms with van der Waals surface area (Å²) in [7, 11) is 1.73. The Labute approximate surface area is 146 Å². The van der Waals surface area contributed by atoms with E-state index in [0.29, 0.717) is 5.56 Å². The fraction of sp³-hybridized carbons (Fsp3) is 0.143. The smallest absolute Gasteiger partial charge is 0.256 e. The molecule has 3 aromatic carbocycles. The van der Waals surface area contributed by atoms with Crippen LogP contribution < -0.4 is 5.32 Å². The molecule has 2 amide bonds. The van der Waals surface area contributed by atoms with Crippen molar-refractivity contribution in [3.63, 3.8) is 0 Å². The summed E-state index contributed by atoms with van der Waals surface area (Å²) in [4.78, 5) is 26.8. The van der Waals surface area contributed by atoms with Crippen molar-refractivity contribution in [3.05, 3.63) is 83.4 Å². The molecule has 3 aromatic rings. The molecule has 1 unspecified atom stereocenters. The second-order valence-electron chi connectivity index (χ2n) is 6.30. The molecule has 1 aliphatic rings. The van der Waals surface area contributed by atoms with Crippen LogP contribution in [0, 0.1) is 0 Å². The van der Waals surface area contributed by atoms with E-state index in [1.807, 2.05) is 66.7 Å². The first kappa shape index (κ1) is 15.4. The van der Waals surface area contributed by atoms with E-state index in [0.717, 1.165) is 21.9 Å². The highest BCUT2D eigenvalue weighted by Crippen LogP contribution is 2.34. The number of benzene rings is 3. The molecule has 1 aliphatic heterocycles. The van der Waals surface area contributed by atoms with Crippen molar-refractivity contribution < 1.29 is 9.59 Å². The van der Waals surface area contributed by atoms with Gasteiger partial charge in [-0.25, -0.2) is 0 Å². The first-order valence-electron chi connectivity index (χ1n) is 8.27. The lowest BCUT2D eigenvalue weighted by Gasteiger charge is -2.34. The maximum atomic E-state index is 12.7. The highest BCUT2D eigenvalue weighted by Gasteiger charge is 2.32. The van der Waals surface area contributed by atoms with E-state index in [2.05, 4.69) is 5.32 Å². The quantitative estimate of drug-likeness (QED) is 0.801. The van der Waals surface area contributed by atoms with Gasteiger partial charge in [-0.2, -0.15) is 0 Å². The number of carbonyl (C=O) groups excluding carboxylic acids is 2. The van der Waals surface area contributed by atoms with Gasteiger partial charge >= 0.3 is 0 Å². The molecule has 0 aromatic heterocycles. The maximum absolute atomic E-state index is 12.7. The van der Waals surface area contributed by atoms with Crippen molar-refractivity contribution >= 4 is 22.6 Å². The molecule has 0 saturated carbocycles. The molecular weight excluding hydrogens is 312 g/mol. The number of amides is 2. The van der Waals surface area contributed by atoms with Gasteiger partial charge in [-0.05, 0) is 17.0 Å². The predicted octanol–water partition coefficient (Wildman–Crippen LogP) is 3.28. The zero-order chi connectivity index (χ0) is 17.4. The average Bonchev–Trinajstić information content (AvgIpc) is 2.64. The highest BCUT2D eigenvalue weighted by molar-refractivity contribution is 6.10. The third-order valence-corrected chi connectivity index (χ3v) is 4.67. The number of nitrogens with one attached hydrogen (secondary N) is 1. The van der Waals surface area contributed by atoms with E-state index >= 15 is 0 Å². The monoisotopic (exact) mass is 330 g/mol. The zero-order valence-corrected chi connectivity index (χ0v) is 13.9. The minimum atomic E-state index is -0.456. The van der Waals surface area contributed by atoms with Crippen molar-refractivity contribution in [2.45, 2.75) is 12.6 Å². The maximum Gasteiger partial charge on any atom is 0.256 e. The molecule has 4 nitrogen and oxygen atoms in total. The largest absolute Gasteiger partial charge is 0.332 e. The van der Waals surface area contributed by atoms with Crippen LogP contribution in [-0.2, 0) is 11.2 Å². The number of carbonyl (C=O) groups is 2. The Balaban J connectivity index is 1.69. The number of nitrogens with zero attached hydrogens (tertiary/aromatic N) is 1. The third-order valence-electron chi connectivity index (χ3n) is 4.67. The summed E-state index contributed by atoms with van der Waals surface area (Å²) in [6, 6.07) is 21.2. The molecule has 0 fully saturated rings. The van der Waals surface area contributed by atoms with Crippen LogP contribution in [0.4, 0.5) is 0 Å². The minimum Gasteiger partial charge on any atom is -0.332 e. The topological polar surface area (TPSA) is 49.4 Å². The predicted molar refractivity (Wildman–Crippen MR) is 97.1 cm³/mol. The van der Waals surface area contributed by atoms with Crippen molar-refractivity contribution in [3.8, 4) is 0 Å². The van der Waals surface area contributed by atoms with Gasteiger partial charge in [0, 0.05) is 23.6 Å². The molecule has 124 valence electrons. The molecule has 4 heteroatoms. The number of hydrogen-bond acceptors (Lipinski definition) is 2. The van der Waals surface area contributed by atoms with E-state index in [1.165, 1.54) is 0 Å². The third kappa shape index (κ3) is 2.66. The molecule has 4 rings (SSSR count).